The number of hydrogen-bond donors (Lipinski definition) is 0. The maximum absolute atomic E-state index is 5.66. The van der Waals surface area contributed by atoms with E-state index in [-0.39, 0.29) is 0 Å². The van der Waals surface area contributed by atoms with Gasteiger partial charge in [-0.05, 0) is 43.6 Å². The highest BCUT2D eigenvalue weighted by atomic mass is 35.5. The smallest absolute Gasteiger partial charge is 0.0271 e. The van der Waals surface area contributed by atoms with Gasteiger partial charge in [-0.15, -0.1) is 11.6 Å². The number of halogens is 1. The van der Waals surface area contributed by atoms with Crippen LogP contribution in [0.4, 0.5) is 0 Å². The summed E-state index contributed by atoms with van der Waals surface area (Å²) >= 11 is 5.66. The Bertz CT molecular complexity index is 251. The predicted octanol–water partition coefficient (Wildman–Crippen LogP) is 2.92. The van der Waals surface area contributed by atoms with Gasteiger partial charge in [0.1, 0.15) is 0 Å². The van der Waals surface area contributed by atoms with Gasteiger partial charge in [0.2, 0.25) is 0 Å². The highest BCUT2D eigenvalue weighted by molar-refractivity contribution is 6.17. The Morgan fingerprint density at radius 2 is 2.00 bits per heavy atom. The molecule has 15 heavy (non-hydrogen) atoms. The summed E-state index contributed by atoms with van der Waals surface area (Å²) in [6.07, 6.45) is 5.99. The summed E-state index contributed by atoms with van der Waals surface area (Å²) in [4.78, 5) is 6.45. The molecule has 84 valence electrons. The molecule has 0 spiro atoms. The summed E-state index contributed by atoms with van der Waals surface area (Å²) in [5, 5.41) is 0. The zero-order valence-electron chi connectivity index (χ0n) is 9.32. The first-order chi connectivity index (χ1) is 7.36. The molecule has 0 aromatic carbocycles. The molecule has 3 heteroatoms. The molecule has 0 aliphatic rings. The van der Waals surface area contributed by atoms with Crippen LogP contribution in [0.1, 0.15) is 25.3 Å². The molecule has 0 aliphatic carbocycles. The Balaban J connectivity index is 2.33. The van der Waals surface area contributed by atoms with Crippen molar-refractivity contribution in [2.24, 2.45) is 0 Å². The number of aromatic nitrogens is 1. The molecule has 0 bridgehead atoms. The van der Waals surface area contributed by atoms with E-state index in [4.69, 9.17) is 11.6 Å². The first kappa shape index (κ1) is 12.5. The van der Waals surface area contributed by atoms with E-state index < -0.39 is 0 Å². The quantitative estimate of drug-likeness (QED) is 0.525. The second-order valence-electron chi connectivity index (χ2n) is 3.62. The van der Waals surface area contributed by atoms with Gasteiger partial charge in [0, 0.05) is 24.8 Å². The van der Waals surface area contributed by atoms with Crippen LogP contribution in [0.25, 0.3) is 0 Å². The topological polar surface area (TPSA) is 16.1 Å². The summed E-state index contributed by atoms with van der Waals surface area (Å²) < 4.78 is 0. The van der Waals surface area contributed by atoms with Crippen LogP contribution in [0, 0.1) is 0 Å². The number of pyridine rings is 1. The summed E-state index contributed by atoms with van der Waals surface area (Å²) in [6.45, 7) is 5.43. The van der Waals surface area contributed by atoms with Crippen LogP contribution in [0.3, 0.4) is 0 Å². The minimum absolute atomic E-state index is 0.771. The van der Waals surface area contributed by atoms with Crippen LogP contribution in [0.15, 0.2) is 24.5 Å². The lowest BCUT2D eigenvalue weighted by atomic mass is 10.2. The number of nitrogens with zero attached hydrogens (tertiary/aromatic N) is 2. The van der Waals surface area contributed by atoms with E-state index >= 15 is 0 Å². The fourth-order valence-corrected chi connectivity index (χ4v) is 1.71. The van der Waals surface area contributed by atoms with Gasteiger partial charge in [0.15, 0.2) is 0 Å². The molecule has 1 rings (SSSR count). The fraction of sp³-hybridized carbons (Fsp3) is 0.583. The second kappa shape index (κ2) is 7.66. The van der Waals surface area contributed by atoms with Gasteiger partial charge >= 0.3 is 0 Å². The van der Waals surface area contributed by atoms with E-state index in [0.717, 1.165) is 31.9 Å². The third-order valence-corrected chi connectivity index (χ3v) is 2.73. The molecule has 1 aromatic heterocycles. The van der Waals surface area contributed by atoms with Gasteiger partial charge in [-0.2, -0.15) is 0 Å². The largest absolute Gasteiger partial charge is 0.299 e. The number of unbranched alkanes of at least 4 members (excludes halogenated alkanes) is 1. The summed E-state index contributed by atoms with van der Waals surface area (Å²) in [5.41, 5.74) is 1.33. The Morgan fingerprint density at radius 1 is 1.27 bits per heavy atom. The maximum Gasteiger partial charge on any atom is 0.0271 e. The lowest BCUT2D eigenvalue weighted by molar-refractivity contribution is 0.275. The molecule has 0 amide bonds. The highest BCUT2D eigenvalue weighted by Gasteiger charge is 2.02. The number of alkyl halides is 1. The summed E-state index contributed by atoms with van der Waals surface area (Å²) in [5.74, 6) is 0.771. The minimum atomic E-state index is 0.771. The molecule has 1 heterocycles. The molecular formula is C12H19ClN2. The molecule has 2 nitrogen and oxygen atoms in total. The number of rotatable bonds is 7. The number of hydrogen-bond acceptors (Lipinski definition) is 2. The molecular weight excluding hydrogens is 208 g/mol. The second-order valence-corrected chi connectivity index (χ2v) is 4.00. The van der Waals surface area contributed by atoms with Crippen LogP contribution >= 0.6 is 11.6 Å². The molecule has 0 unspecified atom stereocenters. The summed E-state index contributed by atoms with van der Waals surface area (Å²) in [6, 6.07) is 4.15. The van der Waals surface area contributed by atoms with Crippen molar-refractivity contribution in [3.63, 3.8) is 0 Å². The predicted molar refractivity (Wildman–Crippen MR) is 65.1 cm³/mol. The highest BCUT2D eigenvalue weighted by Crippen LogP contribution is 2.04. The van der Waals surface area contributed by atoms with Crippen molar-refractivity contribution < 1.29 is 0 Å². The molecule has 0 atom stereocenters. The maximum atomic E-state index is 5.66. The third kappa shape index (κ3) is 5.14. The Morgan fingerprint density at radius 3 is 2.60 bits per heavy atom. The van der Waals surface area contributed by atoms with Crippen molar-refractivity contribution in [3.8, 4) is 0 Å². The monoisotopic (exact) mass is 226 g/mol. The summed E-state index contributed by atoms with van der Waals surface area (Å²) in [7, 11) is 0. The zero-order chi connectivity index (χ0) is 10.9. The molecule has 0 fully saturated rings. The van der Waals surface area contributed by atoms with Crippen LogP contribution in [0.5, 0.6) is 0 Å². The molecule has 1 aromatic rings. The van der Waals surface area contributed by atoms with Crippen molar-refractivity contribution in [3.05, 3.63) is 30.1 Å². The van der Waals surface area contributed by atoms with Crippen molar-refractivity contribution in [1.29, 1.82) is 0 Å². The van der Waals surface area contributed by atoms with Crippen LogP contribution in [0.2, 0.25) is 0 Å². The lowest BCUT2D eigenvalue weighted by Gasteiger charge is -2.19. The minimum Gasteiger partial charge on any atom is -0.299 e. The van der Waals surface area contributed by atoms with Gasteiger partial charge in [-0.3, -0.25) is 9.88 Å². The molecule has 0 saturated heterocycles. The van der Waals surface area contributed by atoms with Crippen LogP contribution in [-0.4, -0.2) is 28.9 Å². The van der Waals surface area contributed by atoms with E-state index in [1.165, 1.54) is 12.0 Å². The molecule has 0 radical (unpaired) electrons. The van der Waals surface area contributed by atoms with E-state index in [1.54, 1.807) is 0 Å². The average molecular weight is 227 g/mol. The molecule has 0 N–H and O–H groups in total. The standard InChI is InChI=1S/C12H19ClN2/c1-2-15(10-4-3-7-13)11-12-5-8-14-9-6-12/h5-6,8-9H,2-4,7,10-11H2,1H3. The van der Waals surface area contributed by atoms with E-state index in [9.17, 15) is 0 Å². The van der Waals surface area contributed by atoms with Crippen molar-refractivity contribution in [2.75, 3.05) is 19.0 Å². The van der Waals surface area contributed by atoms with E-state index in [0.29, 0.717) is 0 Å². The first-order valence-electron chi connectivity index (χ1n) is 5.54. The normalized spacial score (nSPS) is 10.9. The zero-order valence-corrected chi connectivity index (χ0v) is 10.1. The Kier molecular flexibility index (Phi) is 6.37. The Labute approximate surface area is 97.3 Å². The van der Waals surface area contributed by atoms with Gasteiger partial charge in [-0.1, -0.05) is 6.92 Å². The molecule has 0 aliphatic heterocycles. The van der Waals surface area contributed by atoms with Gasteiger partial charge < -0.3 is 0 Å². The third-order valence-electron chi connectivity index (χ3n) is 2.46. The van der Waals surface area contributed by atoms with Crippen molar-refractivity contribution in [1.82, 2.24) is 9.88 Å². The van der Waals surface area contributed by atoms with Crippen LogP contribution in [-0.2, 0) is 6.54 Å². The lowest BCUT2D eigenvalue weighted by Crippen LogP contribution is -2.24. The fourth-order valence-electron chi connectivity index (χ4n) is 1.53. The van der Waals surface area contributed by atoms with Gasteiger partial charge in [0.05, 0.1) is 0 Å². The SMILES string of the molecule is CCN(CCCCCl)Cc1ccncc1. The van der Waals surface area contributed by atoms with Gasteiger partial charge in [0.25, 0.3) is 0 Å². The Hall–Kier alpha value is -0.600. The van der Waals surface area contributed by atoms with E-state index in [1.807, 2.05) is 12.4 Å². The van der Waals surface area contributed by atoms with Crippen LogP contribution < -0.4 is 0 Å². The van der Waals surface area contributed by atoms with Gasteiger partial charge in [-0.25, -0.2) is 0 Å². The van der Waals surface area contributed by atoms with Crippen molar-refractivity contribution >= 4 is 11.6 Å². The average Bonchev–Trinajstić information content (AvgIpc) is 2.29. The first-order valence-corrected chi connectivity index (χ1v) is 6.07. The van der Waals surface area contributed by atoms with Crippen molar-refractivity contribution in [2.45, 2.75) is 26.3 Å². The molecule has 0 saturated carbocycles. The van der Waals surface area contributed by atoms with E-state index in [2.05, 4.69) is 28.9 Å².